The van der Waals surface area contributed by atoms with Crippen LogP contribution in [-0.4, -0.2) is 60.9 Å². The summed E-state index contributed by atoms with van der Waals surface area (Å²) in [6.07, 6.45) is 5.31. The standard InChI is InChI=1S/C13H23N3O2/c1-15(10-12(17)16-8-4-5-9-16)13(18)11-6-2-3-7-14-11/h11,14H,2-10H2,1H3. The molecule has 1 unspecified atom stereocenters. The lowest BCUT2D eigenvalue weighted by molar-refractivity contribution is -0.140. The van der Waals surface area contributed by atoms with Gasteiger partial charge >= 0.3 is 0 Å². The lowest BCUT2D eigenvalue weighted by Crippen LogP contribution is -2.49. The first-order valence-electron chi connectivity index (χ1n) is 6.94. The molecule has 0 aromatic heterocycles. The van der Waals surface area contributed by atoms with Gasteiger partial charge in [0, 0.05) is 20.1 Å². The largest absolute Gasteiger partial charge is 0.341 e. The van der Waals surface area contributed by atoms with E-state index in [2.05, 4.69) is 5.32 Å². The average Bonchev–Trinajstić information content (AvgIpc) is 2.92. The van der Waals surface area contributed by atoms with E-state index in [1.807, 2.05) is 4.90 Å². The molecule has 2 aliphatic rings. The zero-order chi connectivity index (χ0) is 13.0. The first-order chi connectivity index (χ1) is 8.68. The number of carbonyl (C=O) groups excluding carboxylic acids is 2. The minimum atomic E-state index is -0.0878. The third-order valence-corrected chi connectivity index (χ3v) is 3.82. The van der Waals surface area contributed by atoms with Crippen molar-refractivity contribution in [2.45, 2.75) is 38.1 Å². The highest BCUT2D eigenvalue weighted by Crippen LogP contribution is 2.11. The van der Waals surface area contributed by atoms with Crippen LogP contribution in [0.3, 0.4) is 0 Å². The van der Waals surface area contributed by atoms with Gasteiger partial charge in [0.25, 0.3) is 0 Å². The van der Waals surface area contributed by atoms with Crippen LogP contribution in [0.5, 0.6) is 0 Å². The van der Waals surface area contributed by atoms with Crippen LogP contribution in [0.2, 0.25) is 0 Å². The van der Waals surface area contributed by atoms with Gasteiger partial charge in [-0.15, -0.1) is 0 Å². The Morgan fingerprint density at radius 1 is 1.22 bits per heavy atom. The Balaban J connectivity index is 1.80. The number of hydrogen-bond donors (Lipinski definition) is 1. The fourth-order valence-electron chi connectivity index (χ4n) is 2.68. The van der Waals surface area contributed by atoms with Crippen LogP contribution < -0.4 is 5.32 Å². The van der Waals surface area contributed by atoms with Gasteiger partial charge in [-0.2, -0.15) is 0 Å². The fraction of sp³-hybridized carbons (Fsp3) is 0.846. The van der Waals surface area contributed by atoms with E-state index < -0.39 is 0 Å². The zero-order valence-electron chi connectivity index (χ0n) is 11.2. The number of hydrogen-bond acceptors (Lipinski definition) is 3. The van der Waals surface area contributed by atoms with Gasteiger partial charge < -0.3 is 15.1 Å². The van der Waals surface area contributed by atoms with Gasteiger partial charge in [-0.25, -0.2) is 0 Å². The van der Waals surface area contributed by atoms with Gasteiger partial charge in [0.05, 0.1) is 12.6 Å². The molecule has 5 heteroatoms. The lowest BCUT2D eigenvalue weighted by atomic mass is 10.0. The molecule has 0 radical (unpaired) electrons. The Morgan fingerprint density at radius 2 is 1.94 bits per heavy atom. The first-order valence-corrected chi connectivity index (χ1v) is 6.94. The van der Waals surface area contributed by atoms with E-state index in [1.54, 1.807) is 11.9 Å². The second kappa shape index (κ2) is 6.18. The summed E-state index contributed by atoms with van der Waals surface area (Å²) < 4.78 is 0. The SMILES string of the molecule is CN(CC(=O)N1CCCC1)C(=O)C1CCCCN1. The van der Waals surface area contributed by atoms with Gasteiger partial charge in [0.15, 0.2) is 0 Å². The third-order valence-electron chi connectivity index (χ3n) is 3.82. The summed E-state index contributed by atoms with van der Waals surface area (Å²) >= 11 is 0. The summed E-state index contributed by atoms with van der Waals surface area (Å²) in [6.45, 7) is 2.83. The fourth-order valence-corrected chi connectivity index (χ4v) is 2.68. The van der Waals surface area contributed by atoms with E-state index >= 15 is 0 Å². The molecule has 18 heavy (non-hydrogen) atoms. The Kier molecular flexibility index (Phi) is 4.58. The summed E-state index contributed by atoms with van der Waals surface area (Å²) in [5, 5.41) is 3.23. The molecule has 2 rings (SSSR count). The molecule has 2 heterocycles. The molecule has 102 valence electrons. The normalized spacial score (nSPS) is 24.1. The molecule has 0 aromatic carbocycles. The maximum Gasteiger partial charge on any atom is 0.242 e. The molecule has 1 atom stereocenters. The number of likely N-dealkylation sites (N-methyl/N-ethyl adjacent to an activating group) is 1. The number of rotatable bonds is 3. The van der Waals surface area contributed by atoms with E-state index in [0.717, 1.165) is 51.7 Å². The van der Waals surface area contributed by atoms with E-state index in [0.29, 0.717) is 0 Å². The highest BCUT2D eigenvalue weighted by atomic mass is 16.2. The summed E-state index contributed by atoms with van der Waals surface area (Å²) in [7, 11) is 1.73. The first kappa shape index (κ1) is 13.3. The minimum absolute atomic E-state index is 0.0576. The average molecular weight is 253 g/mol. The van der Waals surface area contributed by atoms with Gasteiger partial charge in [0.1, 0.15) is 0 Å². The lowest BCUT2D eigenvalue weighted by Gasteiger charge is -2.28. The number of carbonyl (C=O) groups is 2. The molecular weight excluding hydrogens is 230 g/mol. The highest BCUT2D eigenvalue weighted by Gasteiger charge is 2.26. The van der Waals surface area contributed by atoms with E-state index in [4.69, 9.17) is 0 Å². The monoisotopic (exact) mass is 253 g/mol. The molecule has 0 bridgehead atoms. The molecule has 0 spiro atoms. The number of amides is 2. The van der Waals surface area contributed by atoms with Crippen molar-refractivity contribution < 1.29 is 9.59 Å². The van der Waals surface area contributed by atoms with Gasteiger partial charge in [0.2, 0.25) is 11.8 Å². The topological polar surface area (TPSA) is 52.7 Å². The van der Waals surface area contributed by atoms with Crippen LogP contribution in [0.4, 0.5) is 0 Å². The Labute approximate surface area is 108 Å². The Hall–Kier alpha value is -1.10. The highest BCUT2D eigenvalue weighted by molar-refractivity contribution is 5.87. The molecule has 2 saturated heterocycles. The zero-order valence-corrected chi connectivity index (χ0v) is 11.2. The molecule has 0 aliphatic carbocycles. The number of nitrogens with zero attached hydrogens (tertiary/aromatic N) is 2. The second-order valence-corrected chi connectivity index (χ2v) is 5.28. The Bertz CT molecular complexity index is 307. The van der Waals surface area contributed by atoms with E-state index in [9.17, 15) is 9.59 Å². The van der Waals surface area contributed by atoms with Gasteiger partial charge in [-0.1, -0.05) is 6.42 Å². The minimum Gasteiger partial charge on any atom is -0.341 e. The van der Waals surface area contributed by atoms with Crippen molar-refractivity contribution >= 4 is 11.8 Å². The molecule has 1 N–H and O–H groups in total. The molecule has 5 nitrogen and oxygen atoms in total. The number of piperidine rings is 1. The summed E-state index contributed by atoms with van der Waals surface area (Å²) in [6, 6.07) is -0.0878. The molecular formula is C13H23N3O2. The van der Waals surface area contributed by atoms with Crippen LogP contribution in [0.25, 0.3) is 0 Å². The van der Waals surface area contributed by atoms with E-state index in [-0.39, 0.29) is 24.4 Å². The van der Waals surface area contributed by atoms with Crippen LogP contribution >= 0.6 is 0 Å². The van der Waals surface area contributed by atoms with Crippen molar-refractivity contribution in [2.24, 2.45) is 0 Å². The van der Waals surface area contributed by atoms with Gasteiger partial charge in [-0.3, -0.25) is 9.59 Å². The molecule has 2 fully saturated rings. The van der Waals surface area contributed by atoms with Crippen LogP contribution in [0.15, 0.2) is 0 Å². The predicted molar refractivity (Wildman–Crippen MR) is 69.1 cm³/mol. The summed E-state index contributed by atoms with van der Waals surface area (Å²) in [5.74, 6) is 0.140. The summed E-state index contributed by atoms with van der Waals surface area (Å²) in [4.78, 5) is 27.5. The number of likely N-dealkylation sites (tertiary alicyclic amines) is 1. The van der Waals surface area contributed by atoms with Crippen molar-refractivity contribution in [3.63, 3.8) is 0 Å². The van der Waals surface area contributed by atoms with Crippen molar-refractivity contribution in [3.05, 3.63) is 0 Å². The predicted octanol–water partition coefficient (Wildman–Crippen LogP) is 0.209. The van der Waals surface area contributed by atoms with Crippen molar-refractivity contribution in [2.75, 3.05) is 33.2 Å². The van der Waals surface area contributed by atoms with Crippen LogP contribution in [0.1, 0.15) is 32.1 Å². The van der Waals surface area contributed by atoms with Crippen molar-refractivity contribution in [3.8, 4) is 0 Å². The molecule has 2 aliphatic heterocycles. The maximum absolute atomic E-state index is 12.1. The number of nitrogens with one attached hydrogen (secondary N) is 1. The molecule has 2 amide bonds. The maximum atomic E-state index is 12.1. The van der Waals surface area contributed by atoms with Crippen LogP contribution in [-0.2, 0) is 9.59 Å². The summed E-state index contributed by atoms with van der Waals surface area (Å²) in [5.41, 5.74) is 0. The Morgan fingerprint density at radius 3 is 2.56 bits per heavy atom. The smallest absolute Gasteiger partial charge is 0.242 e. The van der Waals surface area contributed by atoms with Crippen molar-refractivity contribution in [1.29, 1.82) is 0 Å². The van der Waals surface area contributed by atoms with E-state index in [1.165, 1.54) is 0 Å². The molecule has 0 saturated carbocycles. The quantitative estimate of drug-likeness (QED) is 0.782. The third kappa shape index (κ3) is 3.22. The van der Waals surface area contributed by atoms with Crippen LogP contribution in [0, 0.1) is 0 Å². The molecule has 0 aromatic rings. The van der Waals surface area contributed by atoms with Gasteiger partial charge in [-0.05, 0) is 32.2 Å². The van der Waals surface area contributed by atoms with Crippen molar-refractivity contribution in [1.82, 2.24) is 15.1 Å². The second-order valence-electron chi connectivity index (χ2n) is 5.28.